The van der Waals surface area contributed by atoms with E-state index in [-0.39, 0.29) is 11.4 Å². The minimum absolute atomic E-state index is 0.0608. The van der Waals surface area contributed by atoms with Gasteiger partial charge in [0.05, 0.1) is 6.61 Å². The summed E-state index contributed by atoms with van der Waals surface area (Å²) in [5.41, 5.74) is -0.144. The van der Waals surface area contributed by atoms with Gasteiger partial charge in [-0.1, -0.05) is 12.1 Å². The van der Waals surface area contributed by atoms with Crippen molar-refractivity contribution >= 4 is 5.69 Å². The van der Waals surface area contributed by atoms with Gasteiger partial charge in [-0.25, -0.2) is 5.21 Å². The van der Waals surface area contributed by atoms with E-state index >= 15 is 0 Å². The second kappa shape index (κ2) is 6.64. The highest BCUT2D eigenvalue weighted by atomic mass is 16.8. The lowest BCUT2D eigenvalue weighted by atomic mass is 9.99. The Kier molecular flexibility index (Phi) is 5.08. The smallest absolute Gasteiger partial charge is 0.229 e. The summed E-state index contributed by atoms with van der Waals surface area (Å²) in [6.45, 7) is -0.592. The Labute approximate surface area is 119 Å². The fraction of sp³-hybridized carbons (Fsp3) is 0.500. The Morgan fingerprint density at radius 3 is 2.43 bits per heavy atom. The van der Waals surface area contributed by atoms with Crippen LogP contribution in [0.1, 0.15) is 0 Å². The predicted octanol–water partition coefficient (Wildman–Crippen LogP) is -2.73. The average molecular weight is 303 g/mol. The SMILES string of the molecule is [O-][NH+](O)c1ccccc1O[C@H]1O[C@@H](CO)[C@H](O)[C@@H](O)[C@H]1O. The molecule has 0 radical (unpaired) electrons. The average Bonchev–Trinajstić information content (AvgIpc) is 2.48. The third-order valence-electron chi connectivity index (χ3n) is 3.21. The van der Waals surface area contributed by atoms with Crippen LogP contribution in [0.2, 0.25) is 0 Å². The quantitative estimate of drug-likeness (QED) is 0.329. The lowest BCUT2D eigenvalue weighted by molar-refractivity contribution is -0.991. The molecule has 0 spiro atoms. The summed E-state index contributed by atoms with van der Waals surface area (Å²) in [6.07, 6.45) is -7.21. The van der Waals surface area contributed by atoms with Gasteiger partial charge < -0.3 is 35.1 Å². The van der Waals surface area contributed by atoms with Crippen LogP contribution in [0.3, 0.4) is 0 Å². The summed E-state index contributed by atoms with van der Waals surface area (Å²) >= 11 is 0. The van der Waals surface area contributed by atoms with Crippen molar-refractivity contribution < 1.29 is 40.3 Å². The zero-order valence-corrected chi connectivity index (χ0v) is 10.9. The first-order chi connectivity index (χ1) is 9.95. The zero-order chi connectivity index (χ0) is 15.6. The highest BCUT2D eigenvalue weighted by Crippen LogP contribution is 2.27. The Hall–Kier alpha value is -1.30. The highest BCUT2D eigenvalue weighted by molar-refractivity contribution is 5.45. The molecule has 0 bridgehead atoms. The van der Waals surface area contributed by atoms with E-state index in [1.807, 2.05) is 0 Å². The van der Waals surface area contributed by atoms with Crippen LogP contribution >= 0.6 is 0 Å². The molecule has 0 amide bonds. The summed E-state index contributed by atoms with van der Waals surface area (Å²) in [5, 5.41) is 57.0. The number of quaternary nitrogens is 1. The Bertz CT molecular complexity index is 468. The van der Waals surface area contributed by atoms with Crippen molar-refractivity contribution in [2.24, 2.45) is 0 Å². The summed E-state index contributed by atoms with van der Waals surface area (Å²) in [4.78, 5) is 0. The molecule has 9 nitrogen and oxygen atoms in total. The van der Waals surface area contributed by atoms with E-state index < -0.39 is 42.5 Å². The molecule has 6 N–H and O–H groups in total. The number of aliphatic hydroxyl groups is 4. The second-order valence-corrected chi connectivity index (χ2v) is 4.62. The van der Waals surface area contributed by atoms with Crippen LogP contribution in [-0.2, 0) is 4.74 Å². The molecule has 1 aliphatic heterocycles. The molecular formula is C12H17NO8. The van der Waals surface area contributed by atoms with Gasteiger partial charge in [-0.2, -0.15) is 5.23 Å². The topological polar surface area (TPSA) is 147 Å². The van der Waals surface area contributed by atoms with Crippen LogP contribution in [0.15, 0.2) is 24.3 Å². The highest BCUT2D eigenvalue weighted by Gasteiger charge is 2.45. The van der Waals surface area contributed by atoms with Crippen LogP contribution in [-0.4, -0.2) is 62.9 Å². The van der Waals surface area contributed by atoms with Crippen LogP contribution in [0.4, 0.5) is 5.69 Å². The lowest BCUT2D eigenvalue weighted by Gasteiger charge is -2.39. The summed E-state index contributed by atoms with van der Waals surface area (Å²) < 4.78 is 10.4. The first-order valence-electron chi connectivity index (χ1n) is 6.25. The molecule has 1 aromatic rings. The Morgan fingerprint density at radius 1 is 1.14 bits per heavy atom. The number of benzene rings is 1. The maximum atomic E-state index is 11.1. The number of aliphatic hydroxyl groups excluding tert-OH is 4. The van der Waals surface area contributed by atoms with Crippen LogP contribution in [0.25, 0.3) is 0 Å². The molecular weight excluding hydrogens is 286 g/mol. The number of rotatable bonds is 4. The summed E-state index contributed by atoms with van der Waals surface area (Å²) in [7, 11) is 0. The molecule has 6 atom stereocenters. The molecule has 0 aliphatic carbocycles. The van der Waals surface area contributed by atoms with E-state index in [2.05, 4.69) is 0 Å². The van der Waals surface area contributed by atoms with Gasteiger partial charge in [-0.3, -0.25) is 0 Å². The van der Waals surface area contributed by atoms with E-state index in [1.165, 1.54) is 24.3 Å². The van der Waals surface area contributed by atoms with Crippen molar-refractivity contribution in [2.45, 2.75) is 30.7 Å². The van der Waals surface area contributed by atoms with Gasteiger partial charge in [0.25, 0.3) is 0 Å². The zero-order valence-electron chi connectivity index (χ0n) is 10.9. The lowest BCUT2D eigenvalue weighted by Crippen LogP contribution is -2.99. The van der Waals surface area contributed by atoms with E-state index in [1.54, 1.807) is 0 Å². The van der Waals surface area contributed by atoms with Gasteiger partial charge >= 0.3 is 0 Å². The molecule has 0 aromatic heterocycles. The number of para-hydroxylation sites is 2. The molecule has 118 valence electrons. The molecule has 1 fully saturated rings. The first-order valence-corrected chi connectivity index (χ1v) is 6.25. The van der Waals surface area contributed by atoms with Crippen molar-refractivity contribution in [1.82, 2.24) is 0 Å². The van der Waals surface area contributed by atoms with Gasteiger partial charge in [0, 0.05) is 6.07 Å². The number of ether oxygens (including phenoxy) is 2. The van der Waals surface area contributed by atoms with Crippen LogP contribution in [0, 0.1) is 5.21 Å². The molecule has 1 unspecified atom stereocenters. The number of hydrogen-bond acceptors (Lipinski definition) is 8. The van der Waals surface area contributed by atoms with Crippen LogP contribution < -0.4 is 9.96 Å². The van der Waals surface area contributed by atoms with E-state index in [4.69, 9.17) is 19.8 Å². The van der Waals surface area contributed by atoms with Gasteiger partial charge in [-0.15, -0.1) is 0 Å². The fourth-order valence-corrected chi connectivity index (χ4v) is 2.04. The number of hydrogen-bond donors (Lipinski definition) is 6. The van der Waals surface area contributed by atoms with Gasteiger partial charge in [-0.05, 0) is 6.07 Å². The molecule has 1 aromatic carbocycles. The fourth-order valence-electron chi connectivity index (χ4n) is 2.04. The Balaban J connectivity index is 2.19. The molecule has 9 heteroatoms. The largest absolute Gasteiger partial charge is 0.595 e. The van der Waals surface area contributed by atoms with Gasteiger partial charge in [0.2, 0.25) is 12.0 Å². The molecule has 21 heavy (non-hydrogen) atoms. The first kappa shape index (κ1) is 16.1. The molecule has 1 saturated heterocycles. The van der Waals surface area contributed by atoms with Crippen molar-refractivity contribution in [3.05, 3.63) is 29.5 Å². The van der Waals surface area contributed by atoms with Crippen LogP contribution in [0.5, 0.6) is 5.75 Å². The standard InChI is InChI=1S/C12H17NO8/c14-5-8-9(15)10(16)11(17)12(21-8)20-7-4-2-1-3-6(7)13(18)19/h1-4,8-18H,5H2/t8-,9-,10+,11+,12-/m0/s1. The minimum Gasteiger partial charge on any atom is -0.595 e. The third-order valence-corrected chi connectivity index (χ3v) is 3.21. The van der Waals surface area contributed by atoms with Crippen molar-refractivity contribution in [2.75, 3.05) is 6.61 Å². The maximum Gasteiger partial charge on any atom is 0.229 e. The molecule has 1 heterocycles. The maximum absolute atomic E-state index is 11.1. The van der Waals surface area contributed by atoms with Crippen molar-refractivity contribution in [1.29, 1.82) is 0 Å². The molecule has 0 saturated carbocycles. The van der Waals surface area contributed by atoms with E-state index in [0.717, 1.165) is 0 Å². The van der Waals surface area contributed by atoms with E-state index in [0.29, 0.717) is 0 Å². The molecule has 1 aliphatic rings. The third kappa shape index (κ3) is 3.31. The van der Waals surface area contributed by atoms with Gasteiger partial charge in [0.15, 0.2) is 5.75 Å². The van der Waals surface area contributed by atoms with Crippen molar-refractivity contribution in [3.8, 4) is 5.75 Å². The Morgan fingerprint density at radius 2 is 1.81 bits per heavy atom. The van der Waals surface area contributed by atoms with Crippen molar-refractivity contribution in [3.63, 3.8) is 0 Å². The summed E-state index contributed by atoms with van der Waals surface area (Å²) in [6, 6.07) is 5.71. The van der Waals surface area contributed by atoms with Gasteiger partial charge in [0.1, 0.15) is 24.4 Å². The van der Waals surface area contributed by atoms with E-state index in [9.17, 15) is 20.5 Å². The molecule has 2 rings (SSSR count). The summed E-state index contributed by atoms with van der Waals surface area (Å²) in [5.74, 6) is -0.0608. The number of nitrogens with one attached hydrogen (secondary N) is 1. The predicted molar refractivity (Wildman–Crippen MR) is 66.6 cm³/mol. The minimum atomic E-state index is -1.59. The second-order valence-electron chi connectivity index (χ2n) is 4.62. The monoisotopic (exact) mass is 303 g/mol. The normalized spacial score (nSPS) is 34.5.